The summed E-state index contributed by atoms with van der Waals surface area (Å²) in [7, 11) is 2.11. The van der Waals surface area contributed by atoms with Gasteiger partial charge in [0, 0.05) is 32.3 Å². The fourth-order valence-corrected chi connectivity index (χ4v) is 2.74. The topological polar surface area (TPSA) is 71.2 Å². The molecule has 2 aromatic rings. The molecule has 1 saturated heterocycles. The molecular weight excluding hydrogens is 268 g/mol. The maximum absolute atomic E-state index is 5.03. The Balaban J connectivity index is 1.62. The molecule has 0 amide bonds. The van der Waals surface area contributed by atoms with Gasteiger partial charge < -0.3 is 9.42 Å². The molecule has 1 atom stereocenters. The van der Waals surface area contributed by atoms with Crippen molar-refractivity contribution < 1.29 is 4.52 Å². The van der Waals surface area contributed by atoms with E-state index in [4.69, 9.17) is 4.52 Å². The maximum Gasteiger partial charge on any atom is 0.223 e. The predicted octanol–water partition coefficient (Wildman–Crippen LogP) is 1.27. The van der Waals surface area contributed by atoms with Gasteiger partial charge in [-0.1, -0.05) is 5.16 Å². The Morgan fingerprint density at radius 1 is 1.48 bits per heavy atom. The van der Waals surface area contributed by atoms with Crippen LogP contribution in [0.3, 0.4) is 0 Å². The lowest BCUT2D eigenvalue weighted by atomic mass is 10.0. The summed E-state index contributed by atoms with van der Waals surface area (Å²) in [5.74, 6) is 2.31. The Morgan fingerprint density at radius 3 is 3.10 bits per heavy atom. The molecule has 1 unspecified atom stereocenters. The summed E-state index contributed by atoms with van der Waals surface area (Å²) in [5.41, 5.74) is 0. The highest BCUT2D eigenvalue weighted by Crippen LogP contribution is 2.20. The van der Waals surface area contributed by atoms with Gasteiger partial charge in [-0.05, 0) is 32.0 Å². The molecule has 112 valence electrons. The number of hydrogen-bond acceptors (Lipinski definition) is 7. The Morgan fingerprint density at radius 2 is 2.38 bits per heavy atom. The van der Waals surface area contributed by atoms with Crippen LogP contribution in [-0.2, 0) is 6.54 Å². The number of hydrogen-bond donors (Lipinski definition) is 0. The molecule has 2 aromatic heterocycles. The summed E-state index contributed by atoms with van der Waals surface area (Å²) in [5, 5.41) is 12.1. The number of nitrogens with zero attached hydrogens (tertiary/aromatic N) is 6. The predicted molar refractivity (Wildman–Crippen MR) is 77.8 cm³/mol. The lowest BCUT2D eigenvalue weighted by Crippen LogP contribution is -2.46. The Hall–Kier alpha value is -2.02. The van der Waals surface area contributed by atoms with E-state index in [-0.39, 0.29) is 0 Å². The number of likely N-dealkylation sites (N-methyl/N-ethyl adjacent to an activating group) is 1. The van der Waals surface area contributed by atoms with E-state index in [0.29, 0.717) is 18.5 Å². The summed E-state index contributed by atoms with van der Waals surface area (Å²) in [6.07, 6.45) is 4.02. The third kappa shape index (κ3) is 3.36. The molecule has 0 spiro atoms. The van der Waals surface area contributed by atoms with Crippen molar-refractivity contribution in [3.8, 4) is 0 Å². The van der Waals surface area contributed by atoms with Crippen molar-refractivity contribution >= 4 is 5.82 Å². The normalized spacial score (nSPS) is 19.2. The first-order chi connectivity index (χ1) is 10.2. The number of anilines is 1. The average molecular weight is 288 g/mol. The van der Waals surface area contributed by atoms with Crippen LogP contribution in [0.1, 0.15) is 24.6 Å². The second kappa shape index (κ2) is 6.17. The summed E-state index contributed by atoms with van der Waals surface area (Å²) < 4.78 is 5.03. The van der Waals surface area contributed by atoms with Crippen molar-refractivity contribution in [1.29, 1.82) is 0 Å². The Kier molecular flexibility index (Phi) is 4.10. The van der Waals surface area contributed by atoms with Crippen molar-refractivity contribution in [2.24, 2.45) is 0 Å². The lowest BCUT2D eigenvalue weighted by molar-refractivity contribution is 0.200. The number of aromatic nitrogens is 4. The molecule has 0 N–H and O–H groups in total. The van der Waals surface area contributed by atoms with Crippen molar-refractivity contribution in [1.82, 2.24) is 25.2 Å². The van der Waals surface area contributed by atoms with E-state index in [9.17, 15) is 0 Å². The van der Waals surface area contributed by atoms with Gasteiger partial charge in [0.05, 0.1) is 6.54 Å². The van der Waals surface area contributed by atoms with Gasteiger partial charge in [-0.2, -0.15) is 10.1 Å². The lowest BCUT2D eigenvalue weighted by Gasteiger charge is -2.37. The van der Waals surface area contributed by atoms with Gasteiger partial charge in [-0.25, -0.2) is 0 Å². The second-order valence-electron chi connectivity index (χ2n) is 5.47. The van der Waals surface area contributed by atoms with Crippen molar-refractivity contribution in [3.63, 3.8) is 0 Å². The molecule has 21 heavy (non-hydrogen) atoms. The molecule has 0 bridgehead atoms. The summed E-state index contributed by atoms with van der Waals surface area (Å²) in [6.45, 7) is 4.50. The molecule has 3 heterocycles. The van der Waals surface area contributed by atoms with Gasteiger partial charge in [0.2, 0.25) is 5.89 Å². The first-order valence-electron chi connectivity index (χ1n) is 7.24. The summed E-state index contributed by atoms with van der Waals surface area (Å²) in [4.78, 5) is 8.84. The number of aryl methyl sites for hydroxylation is 1. The van der Waals surface area contributed by atoms with Gasteiger partial charge in [0.25, 0.3) is 0 Å². The first kappa shape index (κ1) is 13.9. The minimum atomic E-state index is 0.458. The molecule has 7 heteroatoms. The Labute approximate surface area is 124 Å². The molecule has 0 aromatic carbocycles. The largest absolute Gasteiger partial charge is 0.354 e. The highest BCUT2D eigenvalue weighted by molar-refractivity contribution is 5.37. The van der Waals surface area contributed by atoms with Crippen LogP contribution in [0.5, 0.6) is 0 Å². The van der Waals surface area contributed by atoms with Crippen molar-refractivity contribution in [2.45, 2.75) is 32.4 Å². The number of piperidine rings is 1. The zero-order valence-corrected chi connectivity index (χ0v) is 12.4. The standard InChI is InChI=1S/C14H20N6O/c1-11-16-13(18-21-11)10-19(2)12-5-4-8-20(9-12)14-6-3-7-15-17-14/h3,6-7,12H,4-5,8-10H2,1-2H3. The van der Waals surface area contributed by atoms with Crippen LogP contribution in [0, 0.1) is 6.92 Å². The molecule has 0 aliphatic carbocycles. The van der Waals surface area contributed by atoms with Crippen LogP contribution in [-0.4, -0.2) is 51.4 Å². The van der Waals surface area contributed by atoms with Gasteiger partial charge in [-0.3, -0.25) is 4.90 Å². The van der Waals surface area contributed by atoms with Crippen molar-refractivity contribution in [3.05, 3.63) is 30.0 Å². The van der Waals surface area contributed by atoms with Crippen LogP contribution < -0.4 is 4.90 Å². The molecule has 0 saturated carbocycles. The molecule has 1 aliphatic rings. The third-order valence-electron chi connectivity index (χ3n) is 3.86. The molecule has 7 nitrogen and oxygen atoms in total. The minimum Gasteiger partial charge on any atom is -0.354 e. The van der Waals surface area contributed by atoms with E-state index in [1.807, 2.05) is 19.1 Å². The average Bonchev–Trinajstić information content (AvgIpc) is 2.93. The minimum absolute atomic E-state index is 0.458. The first-order valence-corrected chi connectivity index (χ1v) is 7.24. The van der Waals surface area contributed by atoms with Crippen LogP contribution in [0.15, 0.2) is 22.9 Å². The van der Waals surface area contributed by atoms with Gasteiger partial charge >= 0.3 is 0 Å². The van der Waals surface area contributed by atoms with Gasteiger partial charge in [-0.15, -0.1) is 5.10 Å². The molecule has 3 rings (SSSR count). The van der Waals surface area contributed by atoms with Crippen LogP contribution in [0.25, 0.3) is 0 Å². The quantitative estimate of drug-likeness (QED) is 0.839. The molecule has 1 fully saturated rings. The smallest absolute Gasteiger partial charge is 0.223 e. The van der Waals surface area contributed by atoms with E-state index < -0.39 is 0 Å². The zero-order chi connectivity index (χ0) is 14.7. The van der Waals surface area contributed by atoms with E-state index in [1.54, 1.807) is 6.20 Å². The highest BCUT2D eigenvalue weighted by Gasteiger charge is 2.25. The van der Waals surface area contributed by atoms with Crippen molar-refractivity contribution in [2.75, 3.05) is 25.0 Å². The van der Waals surface area contributed by atoms with E-state index >= 15 is 0 Å². The SMILES string of the molecule is Cc1nc(CN(C)C2CCCN(c3cccnn3)C2)no1. The second-order valence-corrected chi connectivity index (χ2v) is 5.47. The van der Waals surface area contributed by atoms with Gasteiger partial charge in [0.15, 0.2) is 11.6 Å². The van der Waals surface area contributed by atoms with E-state index in [2.05, 4.69) is 37.2 Å². The molecular formula is C14H20N6O. The summed E-state index contributed by atoms with van der Waals surface area (Å²) in [6, 6.07) is 4.40. The van der Waals surface area contributed by atoms with Crippen LogP contribution in [0.4, 0.5) is 5.82 Å². The zero-order valence-electron chi connectivity index (χ0n) is 12.4. The van der Waals surface area contributed by atoms with Crippen LogP contribution in [0.2, 0.25) is 0 Å². The van der Waals surface area contributed by atoms with Crippen LogP contribution >= 0.6 is 0 Å². The Bertz CT molecular complexity index is 572. The highest BCUT2D eigenvalue weighted by atomic mass is 16.5. The molecule has 1 aliphatic heterocycles. The monoisotopic (exact) mass is 288 g/mol. The maximum atomic E-state index is 5.03. The van der Waals surface area contributed by atoms with E-state index in [0.717, 1.165) is 31.2 Å². The third-order valence-corrected chi connectivity index (χ3v) is 3.86. The fourth-order valence-electron chi connectivity index (χ4n) is 2.74. The fraction of sp³-hybridized carbons (Fsp3) is 0.571. The molecule has 0 radical (unpaired) electrons. The van der Waals surface area contributed by atoms with Gasteiger partial charge in [0.1, 0.15) is 0 Å². The summed E-state index contributed by atoms with van der Waals surface area (Å²) >= 11 is 0. The number of rotatable bonds is 4. The van der Waals surface area contributed by atoms with E-state index in [1.165, 1.54) is 6.42 Å².